The molecule has 29 heavy (non-hydrogen) atoms. The Labute approximate surface area is 170 Å². The summed E-state index contributed by atoms with van der Waals surface area (Å²) in [5, 5.41) is 0. The summed E-state index contributed by atoms with van der Waals surface area (Å²) in [6.07, 6.45) is 1.45. The van der Waals surface area contributed by atoms with Crippen molar-refractivity contribution in [1.82, 2.24) is 4.90 Å². The summed E-state index contributed by atoms with van der Waals surface area (Å²) in [6.45, 7) is 2.89. The van der Waals surface area contributed by atoms with Gasteiger partial charge < -0.3 is 4.74 Å². The third-order valence-electron chi connectivity index (χ3n) is 5.21. The number of rotatable bonds is 7. The van der Waals surface area contributed by atoms with E-state index in [0.29, 0.717) is 30.7 Å². The van der Waals surface area contributed by atoms with Crippen LogP contribution in [-0.4, -0.2) is 29.9 Å². The van der Waals surface area contributed by atoms with Crippen LogP contribution in [0.25, 0.3) is 11.1 Å². The molecule has 0 N–H and O–H groups in total. The molecule has 0 aliphatic carbocycles. The van der Waals surface area contributed by atoms with Crippen molar-refractivity contribution in [2.24, 2.45) is 0 Å². The van der Waals surface area contributed by atoms with Gasteiger partial charge in [0.15, 0.2) is 0 Å². The van der Waals surface area contributed by atoms with Crippen molar-refractivity contribution in [3.8, 4) is 16.9 Å². The average Bonchev–Trinajstić information content (AvgIpc) is 3.02. The van der Waals surface area contributed by atoms with Crippen molar-refractivity contribution in [1.29, 1.82) is 0 Å². The fourth-order valence-corrected chi connectivity index (χ4v) is 3.72. The molecule has 0 saturated carbocycles. The number of carbonyl (C=O) groups excluding carboxylic acids is 2. The van der Waals surface area contributed by atoms with Crippen molar-refractivity contribution >= 4 is 11.8 Å². The minimum atomic E-state index is -0.218. The molecule has 0 spiro atoms. The first-order valence-electron chi connectivity index (χ1n) is 9.96. The molecule has 1 aliphatic heterocycles. The Bertz CT molecular complexity index is 1010. The van der Waals surface area contributed by atoms with Crippen LogP contribution < -0.4 is 4.74 Å². The number of aryl methyl sites for hydroxylation is 1. The number of carbonyl (C=O) groups is 2. The highest BCUT2D eigenvalue weighted by Crippen LogP contribution is 2.33. The Balaban J connectivity index is 1.44. The highest BCUT2D eigenvalue weighted by Gasteiger charge is 2.34. The molecular formula is C25H23NO3. The maximum absolute atomic E-state index is 12.5. The summed E-state index contributed by atoms with van der Waals surface area (Å²) in [6, 6.07) is 23.3. The predicted molar refractivity (Wildman–Crippen MR) is 113 cm³/mol. The molecule has 2 amide bonds. The molecule has 0 atom stereocenters. The summed E-state index contributed by atoms with van der Waals surface area (Å²) >= 11 is 0. The van der Waals surface area contributed by atoms with Gasteiger partial charge in [0.25, 0.3) is 11.8 Å². The molecule has 4 nitrogen and oxygen atoms in total. The zero-order valence-corrected chi connectivity index (χ0v) is 16.4. The van der Waals surface area contributed by atoms with Crippen LogP contribution in [-0.2, 0) is 6.42 Å². The SMILES string of the molecule is CCc1cccc(-c2ccccc2)c1OCCCN1C(=O)c2ccccc2C1=O. The molecular weight excluding hydrogens is 362 g/mol. The summed E-state index contributed by atoms with van der Waals surface area (Å²) in [7, 11) is 0. The molecule has 1 aliphatic rings. The van der Waals surface area contributed by atoms with Crippen molar-refractivity contribution in [2.75, 3.05) is 13.2 Å². The number of imide groups is 1. The van der Waals surface area contributed by atoms with Crippen LogP contribution in [0.1, 0.15) is 39.6 Å². The van der Waals surface area contributed by atoms with E-state index in [4.69, 9.17) is 4.74 Å². The van der Waals surface area contributed by atoms with E-state index in [-0.39, 0.29) is 11.8 Å². The highest BCUT2D eigenvalue weighted by atomic mass is 16.5. The van der Waals surface area contributed by atoms with E-state index in [9.17, 15) is 9.59 Å². The van der Waals surface area contributed by atoms with E-state index < -0.39 is 0 Å². The predicted octanol–water partition coefficient (Wildman–Crippen LogP) is 4.98. The molecule has 1 heterocycles. The first-order valence-corrected chi connectivity index (χ1v) is 9.96. The Hall–Kier alpha value is -3.40. The molecule has 0 radical (unpaired) electrons. The summed E-state index contributed by atoms with van der Waals surface area (Å²) in [5.41, 5.74) is 4.29. The van der Waals surface area contributed by atoms with Crippen molar-refractivity contribution in [3.05, 3.63) is 89.5 Å². The first-order chi connectivity index (χ1) is 14.2. The number of nitrogens with zero attached hydrogens (tertiary/aromatic N) is 1. The number of benzene rings is 3. The molecule has 0 fully saturated rings. The second-order valence-corrected chi connectivity index (χ2v) is 7.02. The molecule has 4 heteroatoms. The number of para-hydroxylation sites is 1. The van der Waals surface area contributed by atoms with Crippen LogP contribution in [0.5, 0.6) is 5.75 Å². The van der Waals surface area contributed by atoms with Gasteiger partial charge in [0, 0.05) is 12.1 Å². The van der Waals surface area contributed by atoms with E-state index in [0.717, 1.165) is 28.9 Å². The molecule has 0 saturated heterocycles. The number of fused-ring (bicyclic) bond motifs is 1. The lowest BCUT2D eigenvalue weighted by atomic mass is 10.0. The molecule has 0 unspecified atom stereocenters. The molecule has 4 rings (SSSR count). The van der Waals surface area contributed by atoms with Gasteiger partial charge >= 0.3 is 0 Å². The van der Waals surface area contributed by atoms with Crippen molar-refractivity contribution in [3.63, 3.8) is 0 Å². The van der Waals surface area contributed by atoms with E-state index in [1.807, 2.05) is 24.3 Å². The van der Waals surface area contributed by atoms with Gasteiger partial charge in [0.2, 0.25) is 0 Å². The molecule has 3 aromatic carbocycles. The number of ether oxygens (including phenoxy) is 1. The smallest absolute Gasteiger partial charge is 0.261 e. The van der Waals surface area contributed by atoms with Crippen LogP contribution >= 0.6 is 0 Å². The zero-order valence-electron chi connectivity index (χ0n) is 16.4. The Morgan fingerprint density at radius 3 is 2.03 bits per heavy atom. The summed E-state index contributed by atoms with van der Waals surface area (Å²) in [4.78, 5) is 26.3. The minimum absolute atomic E-state index is 0.218. The van der Waals surface area contributed by atoms with Gasteiger partial charge in [-0.3, -0.25) is 14.5 Å². The third-order valence-corrected chi connectivity index (χ3v) is 5.21. The maximum Gasteiger partial charge on any atom is 0.261 e. The molecule has 0 bridgehead atoms. The summed E-state index contributed by atoms with van der Waals surface area (Å²) in [5.74, 6) is 0.442. The Kier molecular flexibility index (Phi) is 5.43. The number of hydrogen-bond donors (Lipinski definition) is 0. The molecule has 0 aromatic heterocycles. The quantitative estimate of drug-likeness (QED) is 0.426. The van der Waals surface area contributed by atoms with Crippen molar-refractivity contribution in [2.45, 2.75) is 19.8 Å². The lowest BCUT2D eigenvalue weighted by Gasteiger charge is -2.17. The molecule has 146 valence electrons. The van der Waals surface area contributed by atoms with Gasteiger partial charge in [-0.15, -0.1) is 0 Å². The largest absolute Gasteiger partial charge is 0.493 e. The average molecular weight is 385 g/mol. The van der Waals surface area contributed by atoms with E-state index in [1.54, 1.807) is 24.3 Å². The zero-order chi connectivity index (χ0) is 20.2. The van der Waals surface area contributed by atoms with Gasteiger partial charge in [0.05, 0.1) is 17.7 Å². The van der Waals surface area contributed by atoms with E-state index in [2.05, 4.69) is 31.2 Å². The maximum atomic E-state index is 12.5. The Morgan fingerprint density at radius 2 is 1.38 bits per heavy atom. The van der Waals surface area contributed by atoms with Gasteiger partial charge in [-0.2, -0.15) is 0 Å². The second-order valence-electron chi connectivity index (χ2n) is 7.02. The molecule has 3 aromatic rings. The van der Waals surface area contributed by atoms with Crippen molar-refractivity contribution < 1.29 is 14.3 Å². The normalized spacial score (nSPS) is 12.9. The fourth-order valence-electron chi connectivity index (χ4n) is 3.72. The van der Waals surface area contributed by atoms with Gasteiger partial charge in [-0.05, 0) is 36.1 Å². The minimum Gasteiger partial charge on any atom is -0.493 e. The monoisotopic (exact) mass is 385 g/mol. The number of amides is 2. The van der Waals surface area contributed by atoms with E-state index in [1.165, 1.54) is 4.90 Å². The Morgan fingerprint density at radius 1 is 0.759 bits per heavy atom. The standard InChI is InChI=1S/C25H23NO3/c1-2-18-12-8-15-20(19-10-4-3-5-11-19)23(18)29-17-9-16-26-24(27)21-13-6-7-14-22(21)25(26)28/h3-8,10-15H,2,9,16-17H2,1H3. The fraction of sp³-hybridized carbons (Fsp3) is 0.200. The third kappa shape index (κ3) is 3.66. The lowest BCUT2D eigenvalue weighted by molar-refractivity contribution is 0.0646. The topological polar surface area (TPSA) is 46.6 Å². The van der Waals surface area contributed by atoms with Crippen LogP contribution in [0.15, 0.2) is 72.8 Å². The van der Waals surface area contributed by atoms with Crippen LogP contribution in [0, 0.1) is 0 Å². The summed E-state index contributed by atoms with van der Waals surface area (Å²) < 4.78 is 6.17. The first kappa shape index (κ1) is 18.9. The van der Waals surface area contributed by atoms with Crippen LogP contribution in [0.2, 0.25) is 0 Å². The van der Waals surface area contributed by atoms with Crippen LogP contribution in [0.4, 0.5) is 0 Å². The highest BCUT2D eigenvalue weighted by molar-refractivity contribution is 6.21. The van der Waals surface area contributed by atoms with Gasteiger partial charge in [-0.1, -0.05) is 67.6 Å². The van der Waals surface area contributed by atoms with Gasteiger partial charge in [-0.25, -0.2) is 0 Å². The van der Waals surface area contributed by atoms with E-state index >= 15 is 0 Å². The second kappa shape index (κ2) is 8.31. The lowest BCUT2D eigenvalue weighted by Crippen LogP contribution is -2.31. The van der Waals surface area contributed by atoms with Gasteiger partial charge in [0.1, 0.15) is 5.75 Å². The van der Waals surface area contributed by atoms with Crippen LogP contribution in [0.3, 0.4) is 0 Å². The number of hydrogen-bond acceptors (Lipinski definition) is 3.